The Bertz CT molecular complexity index is 923. The summed E-state index contributed by atoms with van der Waals surface area (Å²) in [6.07, 6.45) is 9.57. The first kappa shape index (κ1) is 22.2. The Labute approximate surface area is 188 Å². The Hall–Kier alpha value is -2.96. The molecule has 0 N–H and O–H groups in total. The monoisotopic (exact) mass is 439 g/mol. The first-order valence-corrected chi connectivity index (χ1v) is 11.5. The molecule has 2 amide bonds. The van der Waals surface area contributed by atoms with Crippen molar-refractivity contribution in [2.24, 2.45) is 5.92 Å². The summed E-state index contributed by atoms with van der Waals surface area (Å²) in [7, 11) is 0. The number of aromatic nitrogens is 1. The van der Waals surface area contributed by atoms with Crippen molar-refractivity contribution < 1.29 is 18.7 Å². The van der Waals surface area contributed by atoms with E-state index in [2.05, 4.69) is 4.98 Å². The van der Waals surface area contributed by atoms with Crippen LogP contribution in [0.4, 0.5) is 4.39 Å². The van der Waals surface area contributed by atoms with Crippen molar-refractivity contribution in [2.75, 3.05) is 32.8 Å². The highest BCUT2D eigenvalue weighted by Crippen LogP contribution is 2.26. The Balaban J connectivity index is 1.31. The number of ether oxygens (including phenoxy) is 1. The second-order valence-electron chi connectivity index (χ2n) is 8.67. The third kappa shape index (κ3) is 5.64. The van der Waals surface area contributed by atoms with Crippen molar-refractivity contribution >= 4 is 11.8 Å². The summed E-state index contributed by atoms with van der Waals surface area (Å²) in [5, 5.41) is 0. The number of hydrogen-bond donors (Lipinski definition) is 0. The van der Waals surface area contributed by atoms with Gasteiger partial charge in [0.2, 0.25) is 5.91 Å². The normalized spacial score (nSPS) is 17.3. The van der Waals surface area contributed by atoms with E-state index >= 15 is 0 Å². The van der Waals surface area contributed by atoms with Gasteiger partial charge < -0.3 is 14.5 Å². The Morgan fingerprint density at radius 2 is 1.78 bits per heavy atom. The zero-order valence-electron chi connectivity index (χ0n) is 18.3. The molecule has 170 valence electrons. The molecule has 0 spiro atoms. The summed E-state index contributed by atoms with van der Waals surface area (Å²) in [6.45, 7) is 2.36. The van der Waals surface area contributed by atoms with Crippen LogP contribution in [0.3, 0.4) is 0 Å². The SMILES string of the molecule is O=C(Cc1cccnc1)N1CCN(C(=O)c2ccc(F)c(OCC3CCCCC3)c2)CC1. The third-order valence-electron chi connectivity index (χ3n) is 6.38. The number of benzene rings is 1. The highest BCUT2D eigenvalue weighted by atomic mass is 19.1. The standard InChI is InChI=1S/C25H30FN3O3/c26-22-9-8-21(16-23(22)32-18-19-5-2-1-3-6-19)25(31)29-13-11-28(12-14-29)24(30)15-20-7-4-10-27-17-20/h4,7-10,16-17,19H,1-3,5-6,11-15,18H2. The van der Waals surface area contributed by atoms with Gasteiger partial charge in [-0.15, -0.1) is 0 Å². The fourth-order valence-corrected chi connectivity index (χ4v) is 4.44. The van der Waals surface area contributed by atoms with Crippen LogP contribution < -0.4 is 4.74 Å². The number of nitrogens with zero attached hydrogens (tertiary/aromatic N) is 3. The maximum Gasteiger partial charge on any atom is 0.254 e. The molecule has 0 radical (unpaired) electrons. The predicted molar refractivity (Wildman–Crippen MR) is 119 cm³/mol. The van der Waals surface area contributed by atoms with Gasteiger partial charge in [0.1, 0.15) is 0 Å². The van der Waals surface area contributed by atoms with Crippen LogP contribution in [0.2, 0.25) is 0 Å². The van der Waals surface area contributed by atoms with Crippen LogP contribution in [0.15, 0.2) is 42.7 Å². The molecule has 32 heavy (non-hydrogen) atoms. The number of pyridine rings is 1. The lowest BCUT2D eigenvalue weighted by molar-refractivity contribution is -0.131. The molecular weight excluding hydrogens is 409 g/mol. The van der Waals surface area contributed by atoms with E-state index in [4.69, 9.17) is 4.74 Å². The Kier molecular flexibility index (Phi) is 7.35. The van der Waals surface area contributed by atoms with Crippen LogP contribution in [-0.4, -0.2) is 59.4 Å². The third-order valence-corrected chi connectivity index (χ3v) is 6.38. The van der Waals surface area contributed by atoms with Gasteiger partial charge in [-0.25, -0.2) is 4.39 Å². The summed E-state index contributed by atoms with van der Waals surface area (Å²) in [5.74, 6) is 0.0341. The quantitative estimate of drug-likeness (QED) is 0.689. The molecule has 7 heteroatoms. The van der Waals surface area contributed by atoms with Gasteiger partial charge in [-0.1, -0.05) is 25.3 Å². The molecule has 4 rings (SSSR count). The molecular formula is C25H30FN3O3. The van der Waals surface area contributed by atoms with E-state index in [1.807, 2.05) is 12.1 Å². The minimum absolute atomic E-state index is 0.0327. The molecule has 0 atom stereocenters. The molecule has 1 aliphatic heterocycles. The average molecular weight is 440 g/mol. The topological polar surface area (TPSA) is 62.7 Å². The maximum absolute atomic E-state index is 14.3. The van der Waals surface area contributed by atoms with Crippen molar-refractivity contribution in [1.82, 2.24) is 14.8 Å². The predicted octanol–water partition coefficient (Wildman–Crippen LogP) is 3.71. The second kappa shape index (κ2) is 10.6. The minimum Gasteiger partial charge on any atom is -0.490 e. The van der Waals surface area contributed by atoms with Gasteiger partial charge in [0.25, 0.3) is 5.91 Å². The van der Waals surface area contributed by atoms with Crippen molar-refractivity contribution in [3.05, 3.63) is 59.7 Å². The van der Waals surface area contributed by atoms with E-state index < -0.39 is 5.82 Å². The highest BCUT2D eigenvalue weighted by molar-refractivity contribution is 5.94. The maximum atomic E-state index is 14.3. The summed E-state index contributed by atoms with van der Waals surface area (Å²) < 4.78 is 20.0. The van der Waals surface area contributed by atoms with Crippen LogP contribution in [0.5, 0.6) is 5.75 Å². The smallest absolute Gasteiger partial charge is 0.254 e. The van der Waals surface area contributed by atoms with Crippen LogP contribution >= 0.6 is 0 Å². The van der Waals surface area contributed by atoms with E-state index in [-0.39, 0.29) is 17.6 Å². The largest absolute Gasteiger partial charge is 0.490 e. The van der Waals surface area contributed by atoms with E-state index in [1.165, 1.54) is 37.5 Å². The number of piperazine rings is 1. The fourth-order valence-electron chi connectivity index (χ4n) is 4.44. The second-order valence-corrected chi connectivity index (χ2v) is 8.67. The van der Waals surface area contributed by atoms with Crippen LogP contribution in [0.25, 0.3) is 0 Å². The summed E-state index contributed by atoms with van der Waals surface area (Å²) in [5.41, 5.74) is 1.29. The van der Waals surface area contributed by atoms with Crippen molar-refractivity contribution in [2.45, 2.75) is 38.5 Å². The molecule has 2 heterocycles. The molecule has 0 bridgehead atoms. The molecule has 2 aliphatic rings. The van der Waals surface area contributed by atoms with E-state index in [9.17, 15) is 14.0 Å². The molecule has 2 fully saturated rings. The Morgan fingerprint density at radius 1 is 1.03 bits per heavy atom. The molecule has 1 aliphatic carbocycles. The van der Waals surface area contributed by atoms with Gasteiger partial charge >= 0.3 is 0 Å². The molecule has 2 aromatic rings. The molecule has 1 saturated heterocycles. The minimum atomic E-state index is -0.442. The zero-order valence-corrected chi connectivity index (χ0v) is 18.3. The van der Waals surface area contributed by atoms with Gasteiger partial charge in [-0.05, 0) is 48.6 Å². The average Bonchev–Trinajstić information content (AvgIpc) is 2.84. The number of carbonyl (C=O) groups is 2. The van der Waals surface area contributed by atoms with Gasteiger partial charge in [0, 0.05) is 44.1 Å². The first-order chi connectivity index (χ1) is 15.6. The molecule has 1 saturated carbocycles. The highest BCUT2D eigenvalue weighted by Gasteiger charge is 2.25. The lowest BCUT2D eigenvalue weighted by atomic mass is 9.90. The summed E-state index contributed by atoms with van der Waals surface area (Å²) in [4.78, 5) is 33.0. The lowest BCUT2D eigenvalue weighted by Gasteiger charge is -2.35. The van der Waals surface area contributed by atoms with Crippen molar-refractivity contribution in [3.8, 4) is 5.75 Å². The van der Waals surface area contributed by atoms with Crippen molar-refractivity contribution in [3.63, 3.8) is 0 Å². The molecule has 1 aromatic heterocycles. The fraction of sp³-hybridized carbons (Fsp3) is 0.480. The van der Waals surface area contributed by atoms with Crippen LogP contribution in [0, 0.1) is 11.7 Å². The van der Waals surface area contributed by atoms with Crippen LogP contribution in [0.1, 0.15) is 48.0 Å². The molecule has 0 unspecified atom stereocenters. The van der Waals surface area contributed by atoms with E-state index in [0.717, 1.165) is 18.4 Å². The van der Waals surface area contributed by atoms with Crippen molar-refractivity contribution in [1.29, 1.82) is 0 Å². The van der Waals surface area contributed by atoms with E-state index in [0.29, 0.717) is 50.7 Å². The van der Waals surface area contributed by atoms with Gasteiger partial charge in [0.05, 0.1) is 13.0 Å². The molecule has 6 nitrogen and oxygen atoms in total. The van der Waals surface area contributed by atoms with Gasteiger partial charge in [-0.2, -0.15) is 0 Å². The number of rotatable bonds is 6. The first-order valence-electron chi connectivity index (χ1n) is 11.5. The lowest BCUT2D eigenvalue weighted by Crippen LogP contribution is -2.51. The number of halogens is 1. The zero-order chi connectivity index (χ0) is 22.3. The van der Waals surface area contributed by atoms with E-state index in [1.54, 1.807) is 22.2 Å². The number of carbonyl (C=O) groups excluding carboxylic acids is 2. The Morgan fingerprint density at radius 3 is 2.50 bits per heavy atom. The number of hydrogen-bond acceptors (Lipinski definition) is 4. The number of amides is 2. The van der Waals surface area contributed by atoms with Crippen LogP contribution in [-0.2, 0) is 11.2 Å². The molecule has 1 aromatic carbocycles. The summed E-state index contributed by atoms with van der Waals surface area (Å²) in [6, 6.07) is 8.02. The summed E-state index contributed by atoms with van der Waals surface area (Å²) >= 11 is 0. The van der Waals surface area contributed by atoms with Gasteiger partial charge in [0.15, 0.2) is 11.6 Å². The van der Waals surface area contributed by atoms with Gasteiger partial charge in [-0.3, -0.25) is 14.6 Å².